The molecule has 0 radical (unpaired) electrons. The lowest BCUT2D eigenvalue weighted by molar-refractivity contribution is -0.141. The number of hydrogen-bond donors (Lipinski definition) is 1. The van der Waals surface area contributed by atoms with E-state index in [-0.39, 0.29) is 17.4 Å². The van der Waals surface area contributed by atoms with Crippen LogP contribution < -0.4 is 10.1 Å². The van der Waals surface area contributed by atoms with Crippen LogP contribution in [0.25, 0.3) is 0 Å². The van der Waals surface area contributed by atoms with Crippen molar-refractivity contribution >= 4 is 17.5 Å². The number of rotatable bonds is 2. The van der Waals surface area contributed by atoms with Gasteiger partial charge in [0.25, 0.3) is 0 Å². The number of benzene rings is 1. The van der Waals surface area contributed by atoms with E-state index >= 15 is 0 Å². The highest BCUT2D eigenvalue weighted by molar-refractivity contribution is 6.31. The van der Waals surface area contributed by atoms with Gasteiger partial charge in [-0.15, -0.1) is 0 Å². The maximum Gasteiger partial charge on any atom is 0.220 e. The van der Waals surface area contributed by atoms with Gasteiger partial charge >= 0.3 is 0 Å². The molecule has 164 valence electrons. The summed E-state index contributed by atoms with van der Waals surface area (Å²) in [5.74, 6) is 4.01. The number of ether oxygens (including phenoxy) is 1. The van der Waals surface area contributed by atoms with Crippen molar-refractivity contribution in [2.45, 2.75) is 84.8 Å². The predicted molar refractivity (Wildman–Crippen MR) is 121 cm³/mol. The predicted octanol–water partition coefficient (Wildman–Crippen LogP) is 6.16. The standard InChI is InChI=1S/C26H36ClNO2/c1-15-5-6-17(13-21(15)27)30-18-12-20-24-16(2)11-22-26(4,10-8-23(29)28-22)19(24)7-9-25(20,3)14-18/h5-6,13,16,18-20,22,24H,7-12,14H2,1-4H3,(H,28,29)/t16-,18-,19-,20-,22+,24+,25+,26+/m0/s1. The largest absolute Gasteiger partial charge is 0.490 e. The average Bonchev–Trinajstić information content (AvgIpc) is 3.02. The van der Waals surface area contributed by atoms with E-state index in [4.69, 9.17) is 16.3 Å². The molecule has 0 spiro atoms. The Balaban J connectivity index is 1.38. The molecule has 3 aliphatic carbocycles. The van der Waals surface area contributed by atoms with E-state index in [2.05, 4.69) is 38.2 Å². The molecule has 4 fully saturated rings. The summed E-state index contributed by atoms with van der Waals surface area (Å²) in [5.41, 5.74) is 1.73. The Hall–Kier alpha value is -1.22. The first-order valence-corrected chi connectivity index (χ1v) is 12.3. The van der Waals surface area contributed by atoms with Crippen molar-refractivity contribution in [3.05, 3.63) is 28.8 Å². The molecule has 1 saturated heterocycles. The van der Waals surface area contributed by atoms with Crippen molar-refractivity contribution < 1.29 is 9.53 Å². The highest BCUT2D eigenvalue weighted by Crippen LogP contribution is 2.65. The van der Waals surface area contributed by atoms with Gasteiger partial charge in [0.15, 0.2) is 0 Å². The molecule has 0 unspecified atom stereocenters. The smallest absolute Gasteiger partial charge is 0.220 e. The zero-order valence-electron chi connectivity index (χ0n) is 18.8. The Morgan fingerprint density at radius 2 is 1.97 bits per heavy atom. The number of piperidine rings is 1. The monoisotopic (exact) mass is 429 g/mol. The number of amides is 1. The van der Waals surface area contributed by atoms with Gasteiger partial charge in [-0.3, -0.25) is 4.79 Å². The quantitative estimate of drug-likeness (QED) is 0.611. The number of fused-ring (bicyclic) bond motifs is 5. The van der Waals surface area contributed by atoms with Gasteiger partial charge in [-0.25, -0.2) is 0 Å². The SMILES string of the molecule is Cc1ccc(O[C@H]2C[C@H]3[C@@H]4[C@@H](C)C[C@H]5NC(=O)CC[C@]5(C)[C@H]4CC[C@]3(C)C2)cc1Cl. The van der Waals surface area contributed by atoms with E-state index in [9.17, 15) is 4.79 Å². The minimum atomic E-state index is 0.259. The van der Waals surface area contributed by atoms with Crippen LogP contribution in [0.4, 0.5) is 0 Å². The minimum absolute atomic E-state index is 0.259. The van der Waals surface area contributed by atoms with Crippen LogP contribution in [0.15, 0.2) is 18.2 Å². The minimum Gasteiger partial charge on any atom is -0.490 e. The Kier molecular flexibility index (Phi) is 4.93. The van der Waals surface area contributed by atoms with Gasteiger partial charge in [0, 0.05) is 17.5 Å². The van der Waals surface area contributed by atoms with Gasteiger partial charge in [-0.05, 0) is 97.6 Å². The third-order valence-corrected chi connectivity index (χ3v) is 10.0. The first-order valence-electron chi connectivity index (χ1n) is 11.9. The molecule has 1 aromatic carbocycles. The fourth-order valence-electron chi connectivity index (χ4n) is 7.97. The summed E-state index contributed by atoms with van der Waals surface area (Å²) in [5, 5.41) is 4.15. The Bertz CT molecular complexity index is 855. The van der Waals surface area contributed by atoms with Crippen LogP contribution in [0.5, 0.6) is 5.75 Å². The lowest BCUT2D eigenvalue weighted by Gasteiger charge is -2.61. The van der Waals surface area contributed by atoms with Gasteiger partial charge in [0.1, 0.15) is 5.75 Å². The van der Waals surface area contributed by atoms with Crippen molar-refractivity contribution in [2.24, 2.45) is 34.5 Å². The summed E-state index contributed by atoms with van der Waals surface area (Å²) in [6.45, 7) is 9.46. The molecule has 0 aromatic heterocycles. The molecule has 1 N–H and O–H groups in total. The molecular weight excluding hydrogens is 394 g/mol. The molecule has 3 nitrogen and oxygen atoms in total. The molecule has 1 amide bonds. The fourth-order valence-corrected chi connectivity index (χ4v) is 8.14. The van der Waals surface area contributed by atoms with Gasteiger partial charge < -0.3 is 10.1 Å². The molecule has 0 bridgehead atoms. The summed E-state index contributed by atoms with van der Waals surface area (Å²) >= 11 is 6.34. The zero-order valence-corrected chi connectivity index (χ0v) is 19.6. The summed E-state index contributed by atoms with van der Waals surface area (Å²) in [4.78, 5) is 12.1. The van der Waals surface area contributed by atoms with E-state index in [1.807, 2.05) is 13.0 Å². The summed E-state index contributed by atoms with van der Waals surface area (Å²) < 4.78 is 6.49. The molecule has 1 heterocycles. The summed E-state index contributed by atoms with van der Waals surface area (Å²) in [7, 11) is 0. The van der Waals surface area contributed by atoms with Gasteiger partial charge in [0.05, 0.1) is 6.10 Å². The van der Waals surface area contributed by atoms with Crippen LogP contribution in [0, 0.1) is 41.4 Å². The van der Waals surface area contributed by atoms with E-state index in [0.29, 0.717) is 29.7 Å². The molecule has 1 aliphatic heterocycles. The molecule has 8 atom stereocenters. The number of carbonyl (C=O) groups is 1. The van der Waals surface area contributed by atoms with Crippen LogP contribution in [-0.2, 0) is 4.79 Å². The first-order chi connectivity index (χ1) is 14.2. The van der Waals surface area contributed by atoms with Crippen molar-refractivity contribution in [3.8, 4) is 5.75 Å². The Labute approximate surface area is 186 Å². The van der Waals surface area contributed by atoms with Crippen molar-refractivity contribution in [1.82, 2.24) is 5.32 Å². The maximum atomic E-state index is 12.1. The molecule has 1 aromatic rings. The average molecular weight is 430 g/mol. The van der Waals surface area contributed by atoms with E-state index in [0.717, 1.165) is 53.9 Å². The van der Waals surface area contributed by atoms with E-state index in [1.165, 1.54) is 12.8 Å². The molecule has 4 heteroatoms. The first kappa shape index (κ1) is 20.7. The second kappa shape index (κ2) is 7.15. The Morgan fingerprint density at radius 3 is 2.73 bits per heavy atom. The van der Waals surface area contributed by atoms with Crippen LogP contribution in [0.1, 0.15) is 71.3 Å². The molecule has 5 rings (SSSR count). The maximum absolute atomic E-state index is 12.1. The molecule has 30 heavy (non-hydrogen) atoms. The van der Waals surface area contributed by atoms with Crippen LogP contribution in [-0.4, -0.2) is 18.1 Å². The van der Waals surface area contributed by atoms with Crippen LogP contribution in [0.3, 0.4) is 0 Å². The fraction of sp³-hybridized carbons (Fsp3) is 0.731. The Morgan fingerprint density at radius 1 is 1.17 bits per heavy atom. The van der Waals surface area contributed by atoms with Crippen molar-refractivity contribution in [3.63, 3.8) is 0 Å². The van der Waals surface area contributed by atoms with Gasteiger partial charge in [-0.2, -0.15) is 0 Å². The van der Waals surface area contributed by atoms with Gasteiger partial charge in [-0.1, -0.05) is 38.4 Å². The second-order valence-electron chi connectivity index (χ2n) is 11.4. The summed E-state index contributed by atoms with van der Waals surface area (Å²) in [6.07, 6.45) is 8.06. The number of hydrogen-bond acceptors (Lipinski definition) is 2. The second-order valence-corrected chi connectivity index (χ2v) is 11.8. The molecular formula is C26H36ClNO2. The van der Waals surface area contributed by atoms with Crippen LogP contribution in [0.2, 0.25) is 5.02 Å². The third-order valence-electron chi connectivity index (χ3n) is 9.64. The number of halogens is 1. The van der Waals surface area contributed by atoms with Crippen LogP contribution >= 0.6 is 11.6 Å². The lowest BCUT2D eigenvalue weighted by Crippen LogP contribution is -2.62. The highest BCUT2D eigenvalue weighted by atomic mass is 35.5. The third kappa shape index (κ3) is 3.18. The topological polar surface area (TPSA) is 38.3 Å². The summed E-state index contributed by atoms with van der Waals surface area (Å²) in [6, 6.07) is 6.46. The lowest BCUT2D eigenvalue weighted by atomic mass is 9.45. The number of nitrogens with one attached hydrogen (secondary N) is 1. The highest BCUT2D eigenvalue weighted by Gasteiger charge is 2.61. The molecule has 3 saturated carbocycles. The normalized spacial score (nSPS) is 45.2. The van der Waals surface area contributed by atoms with E-state index < -0.39 is 0 Å². The number of aryl methyl sites for hydroxylation is 1. The van der Waals surface area contributed by atoms with Gasteiger partial charge in [0.2, 0.25) is 5.91 Å². The van der Waals surface area contributed by atoms with Crippen molar-refractivity contribution in [1.29, 1.82) is 0 Å². The van der Waals surface area contributed by atoms with Crippen molar-refractivity contribution in [2.75, 3.05) is 0 Å². The number of carbonyl (C=O) groups excluding carboxylic acids is 1. The van der Waals surface area contributed by atoms with E-state index in [1.54, 1.807) is 0 Å². The zero-order chi connectivity index (χ0) is 21.3. The molecule has 4 aliphatic rings.